The van der Waals surface area contributed by atoms with Crippen molar-refractivity contribution in [2.24, 2.45) is 17.8 Å². The van der Waals surface area contributed by atoms with Gasteiger partial charge in [-0.1, -0.05) is 55.1 Å². The third-order valence-corrected chi connectivity index (χ3v) is 8.21. The van der Waals surface area contributed by atoms with Crippen LogP contribution in [0.5, 0.6) is 0 Å². The van der Waals surface area contributed by atoms with Crippen LogP contribution in [0.4, 0.5) is 0 Å². The van der Waals surface area contributed by atoms with Crippen LogP contribution >= 0.6 is 23.5 Å². The number of thioether (sulfide) groups is 2. The van der Waals surface area contributed by atoms with Crippen LogP contribution in [0.3, 0.4) is 0 Å². The molecule has 158 valence electrons. The number of hydrogen-bond acceptors (Lipinski definition) is 4. The molecule has 0 saturated heterocycles. The summed E-state index contributed by atoms with van der Waals surface area (Å²) in [7, 11) is 0. The Bertz CT molecular complexity index is 744. The zero-order valence-corrected chi connectivity index (χ0v) is 19.0. The Labute approximate surface area is 182 Å². The van der Waals surface area contributed by atoms with E-state index in [2.05, 4.69) is 13.8 Å². The molecule has 1 amide bonds. The molecule has 3 unspecified atom stereocenters. The molecule has 0 spiro atoms. The van der Waals surface area contributed by atoms with E-state index >= 15 is 0 Å². The highest BCUT2D eigenvalue weighted by atomic mass is 32.2. The van der Waals surface area contributed by atoms with Crippen molar-refractivity contribution >= 4 is 40.3 Å². The Morgan fingerprint density at radius 2 is 1.86 bits per heavy atom. The molecule has 0 bridgehead atoms. The lowest BCUT2D eigenvalue weighted by Gasteiger charge is -2.39. The van der Waals surface area contributed by atoms with Gasteiger partial charge >= 0.3 is 5.97 Å². The van der Waals surface area contributed by atoms with Crippen LogP contribution in [0.15, 0.2) is 36.4 Å². The lowest BCUT2D eigenvalue weighted by atomic mass is 9.82. The molecule has 0 radical (unpaired) electrons. The van der Waals surface area contributed by atoms with Crippen molar-refractivity contribution < 1.29 is 14.7 Å². The molecule has 1 fully saturated rings. The van der Waals surface area contributed by atoms with Gasteiger partial charge in [-0.15, -0.1) is 0 Å². The molecule has 1 aliphatic heterocycles. The lowest BCUT2D eigenvalue weighted by Crippen LogP contribution is -2.51. The number of hydrogen-bond donors (Lipinski definition) is 1. The molecule has 3 atom stereocenters. The van der Waals surface area contributed by atoms with Gasteiger partial charge in [0.1, 0.15) is 5.92 Å². The van der Waals surface area contributed by atoms with Crippen LogP contribution in [0.1, 0.15) is 45.1 Å². The Kier molecular flexibility index (Phi) is 7.74. The van der Waals surface area contributed by atoms with Gasteiger partial charge in [-0.3, -0.25) is 9.59 Å². The molecule has 1 aliphatic carbocycles. The van der Waals surface area contributed by atoms with Crippen LogP contribution in [0, 0.1) is 17.8 Å². The van der Waals surface area contributed by atoms with E-state index in [0.717, 1.165) is 41.9 Å². The number of amides is 1. The first kappa shape index (κ1) is 22.3. The Morgan fingerprint density at radius 1 is 1.21 bits per heavy atom. The van der Waals surface area contributed by atoms with Gasteiger partial charge in [0.2, 0.25) is 5.91 Å². The summed E-state index contributed by atoms with van der Waals surface area (Å²) in [6.45, 7) is 4.30. The summed E-state index contributed by atoms with van der Waals surface area (Å²) >= 11 is 3.23. The molecule has 1 N–H and O–H groups in total. The van der Waals surface area contributed by atoms with E-state index in [9.17, 15) is 14.7 Å². The third kappa shape index (κ3) is 5.21. The van der Waals surface area contributed by atoms with E-state index in [1.807, 2.05) is 47.6 Å². The van der Waals surface area contributed by atoms with E-state index in [1.54, 1.807) is 11.8 Å². The largest absolute Gasteiger partial charge is 0.481 e. The minimum Gasteiger partial charge on any atom is -0.481 e. The second-order valence-electron chi connectivity index (χ2n) is 8.28. The predicted molar refractivity (Wildman–Crippen MR) is 123 cm³/mol. The van der Waals surface area contributed by atoms with Gasteiger partial charge in [-0.25, -0.2) is 0 Å². The third-order valence-electron chi connectivity index (χ3n) is 6.01. The first-order valence-electron chi connectivity index (χ1n) is 10.4. The molecule has 0 aromatic heterocycles. The molecule has 6 heteroatoms. The average Bonchev–Trinajstić information content (AvgIpc) is 3.15. The van der Waals surface area contributed by atoms with Crippen molar-refractivity contribution in [2.45, 2.75) is 50.9 Å². The summed E-state index contributed by atoms with van der Waals surface area (Å²) in [5.74, 6) is 0.0935. The number of benzene rings is 1. The zero-order chi connectivity index (χ0) is 21.0. The van der Waals surface area contributed by atoms with Crippen LogP contribution in [-0.4, -0.2) is 45.3 Å². The summed E-state index contributed by atoms with van der Waals surface area (Å²) in [4.78, 5) is 28.6. The normalized spacial score (nSPS) is 27.9. The fourth-order valence-corrected chi connectivity index (χ4v) is 6.48. The Morgan fingerprint density at radius 3 is 2.45 bits per heavy atom. The van der Waals surface area contributed by atoms with E-state index in [-0.39, 0.29) is 17.9 Å². The Hall–Kier alpha value is -1.40. The van der Waals surface area contributed by atoms with Crippen LogP contribution in [-0.2, 0) is 9.59 Å². The number of nitrogens with zero attached hydrogens (tertiary/aromatic N) is 1. The second-order valence-corrected chi connectivity index (χ2v) is 10.3. The lowest BCUT2D eigenvalue weighted by molar-refractivity contribution is -0.145. The number of aliphatic carboxylic acids is 1. The maximum absolute atomic E-state index is 13.6. The summed E-state index contributed by atoms with van der Waals surface area (Å²) in [5.41, 5.74) is 1.02. The standard InChI is InChI=1S/C23H31NO3S2/c1-15-9-11-18(12-10-15)21(25)24(16(2)14-28-3)22-19(23(26)27)13-20(29-22)17-7-5-4-6-8-17/h4-8,13,15-16,18-19,22H,9-12,14H2,1-3H3,(H,26,27). The summed E-state index contributed by atoms with van der Waals surface area (Å²) in [6.07, 6.45) is 7.85. The van der Waals surface area contributed by atoms with Gasteiger partial charge in [0, 0.05) is 22.6 Å². The average molecular weight is 434 g/mol. The molecular weight excluding hydrogens is 402 g/mol. The van der Waals surface area contributed by atoms with Crippen LogP contribution < -0.4 is 0 Å². The molecule has 1 heterocycles. The van der Waals surface area contributed by atoms with Crippen molar-refractivity contribution in [3.63, 3.8) is 0 Å². The number of carbonyl (C=O) groups excluding carboxylic acids is 1. The van der Waals surface area contributed by atoms with Gasteiger partial charge in [-0.2, -0.15) is 11.8 Å². The summed E-state index contributed by atoms with van der Waals surface area (Å²) < 4.78 is 0. The second kappa shape index (κ2) is 10.1. The molecule has 29 heavy (non-hydrogen) atoms. The number of carbonyl (C=O) groups is 2. The van der Waals surface area contributed by atoms with Crippen LogP contribution in [0.2, 0.25) is 0 Å². The summed E-state index contributed by atoms with van der Waals surface area (Å²) in [6, 6.07) is 9.88. The Balaban J connectivity index is 1.88. The fourth-order valence-electron chi connectivity index (χ4n) is 4.31. The van der Waals surface area contributed by atoms with Crippen molar-refractivity contribution in [1.29, 1.82) is 0 Å². The fraction of sp³-hybridized carbons (Fsp3) is 0.565. The molecule has 1 saturated carbocycles. The van der Waals surface area contributed by atoms with Crippen LogP contribution in [0.25, 0.3) is 4.91 Å². The minimum absolute atomic E-state index is 0.000256. The van der Waals surface area contributed by atoms with Gasteiger partial charge < -0.3 is 10.0 Å². The molecule has 1 aromatic rings. The highest BCUT2D eigenvalue weighted by Gasteiger charge is 2.43. The first-order valence-corrected chi connectivity index (χ1v) is 12.7. The van der Waals surface area contributed by atoms with E-state index < -0.39 is 17.3 Å². The highest BCUT2D eigenvalue weighted by molar-refractivity contribution is 8.09. The number of rotatable bonds is 7. The molecule has 3 rings (SSSR count). The molecular formula is C23H31NO3S2. The van der Waals surface area contributed by atoms with Crippen molar-refractivity contribution in [1.82, 2.24) is 4.90 Å². The van der Waals surface area contributed by atoms with Crippen molar-refractivity contribution in [3.05, 3.63) is 42.0 Å². The monoisotopic (exact) mass is 433 g/mol. The van der Waals surface area contributed by atoms with E-state index in [1.165, 1.54) is 11.8 Å². The minimum atomic E-state index is -0.861. The van der Waals surface area contributed by atoms with Gasteiger partial charge in [0.25, 0.3) is 0 Å². The van der Waals surface area contributed by atoms with E-state index in [0.29, 0.717) is 5.92 Å². The predicted octanol–water partition coefficient (Wildman–Crippen LogP) is 5.21. The highest BCUT2D eigenvalue weighted by Crippen LogP contribution is 2.46. The first-order chi connectivity index (χ1) is 13.9. The molecule has 4 nitrogen and oxygen atoms in total. The summed E-state index contributed by atoms with van der Waals surface area (Å²) in [5, 5.41) is 9.54. The number of carboxylic acid groups (broad SMARTS) is 1. The van der Waals surface area contributed by atoms with Gasteiger partial charge in [0.05, 0.1) is 5.37 Å². The van der Waals surface area contributed by atoms with E-state index in [4.69, 9.17) is 0 Å². The van der Waals surface area contributed by atoms with Crippen molar-refractivity contribution in [3.8, 4) is 0 Å². The maximum atomic E-state index is 13.6. The quantitative estimate of drug-likeness (QED) is 0.640. The molecule has 2 aliphatic rings. The molecule has 1 aromatic carbocycles. The SMILES string of the molecule is CSCC(C)N(C(=O)C1CCC(C)CC1)C1SC(c2ccccc2)=CC1C(=O)O. The topological polar surface area (TPSA) is 57.6 Å². The van der Waals surface area contributed by atoms with Gasteiger partial charge in [0.15, 0.2) is 0 Å². The van der Waals surface area contributed by atoms with Crippen molar-refractivity contribution in [2.75, 3.05) is 12.0 Å². The smallest absolute Gasteiger partial charge is 0.313 e. The zero-order valence-electron chi connectivity index (χ0n) is 17.4. The number of carboxylic acids is 1. The van der Waals surface area contributed by atoms with Gasteiger partial charge in [-0.05, 0) is 50.3 Å². The maximum Gasteiger partial charge on any atom is 0.313 e.